The molecule has 0 spiro atoms. The molecule has 3 rings (SSSR count). The minimum absolute atomic E-state index is 0.131. The van der Waals surface area contributed by atoms with E-state index in [4.69, 9.17) is 4.74 Å². The maximum atomic E-state index is 10.1. The van der Waals surface area contributed by atoms with Gasteiger partial charge in [0.25, 0.3) is 0 Å². The number of ether oxygens (including phenoxy) is 1. The second kappa shape index (κ2) is 6.82. The fourth-order valence-electron chi connectivity index (χ4n) is 3.24. The van der Waals surface area contributed by atoms with Crippen molar-refractivity contribution in [3.63, 3.8) is 0 Å². The van der Waals surface area contributed by atoms with Crippen molar-refractivity contribution < 1.29 is 9.84 Å². The van der Waals surface area contributed by atoms with Crippen LogP contribution in [0.15, 0.2) is 48.5 Å². The molecule has 0 bridgehead atoms. The molecular weight excluding hydrogens is 288 g/mol. The van der Waals surface area contributed by atoms with E-state index in [1.165, 1.54) is 0 Å². The summed E-state index contributed by atoms with van der Waals surface area (Å²) < 4.78 is 5.31. The SMILES string of the molecule is COc1cccc(C2CC(O)CN2Cc2ccccc2C#N)c1. The number of methoxy groups -OCH3 is 1. The first kappa shape index (κ1) is 15.5. The van der Waals surface area contributed by atoms with Gasteiger partial charge in [-0.25, -0.2) is 0 Å². The Balaban J connectivity index is 1.86. The van der Waals surface area contributed by atoms with Gasteiger partial charge in [0, 0.05) is 19.1 Å². The van der Waals surface area contributed by atoms with Crippen LogP contribution < -0.4 is 4.74 Å². The molecule has 0 aliphatic carbocycles. The predicted octanol–water partition coefficient (Wildman–Crippen LogP) is 2.87. The van der Waals surface area contributed by atoms with Crippen molar-refractivity contribution in [1.29, 1.82) is 5.26 Å². The van der Waals surface area contributed by atoms with Crippen molar-refractivity contribution in [2.75, 3.05) is 13.7 Å². The molecule has 2 unspecified atom stereocenters. The molecule has 1 fully saturated rings. The molecule has 4 heteroatoms. The van der Waals surface area contributed by atoms with Crippen molar-refractivity contribution in [2.24, 2.45) is 0 Å². The van der Waals surface area contributed by atoms with Crippen molar-refractivity contribution in [3.8, 4) is 11.8 Å². The first-order chi connectivity index (χ1) is 11.2. The van der Waals surface area contributed by atoms with E-state index in [9.17, 15) is 10.4 Å². The normalized spacial score (nSPS) is 21.1. The molecule has 2 aromatic rings. The lowest BCUT2D eigenvalue weighted by molar-refractivity contribution is 0.172. The van der Waals surface area contributed by atoms with Gasteiger partial charge in [0.2, 0.25) is 0 Å². The van der Waals surface area contributed by atoms with Crippen LogP contribution in [0, 0.1) is 11.3 Å². The van der Waals surface area contributed by atoms with Crippen LogP contribution >= 0.6 is 0 Å². The van der Waals surface area contributed by atoms with E-state index in [1.54, 1.807) is 7.11 Å². The van der Waals surface area contributed by atoms with Crippen molar-refractivity contribution in [3.05, 3.63) is 65.2 Å². The van der Waals surface area contributed by atoms with Crippen LogP contribution in [0.1, 0.15) is 29.2 Å². The first-order valence-corrected chi connectivity index (χ1v) is 7.75. The molecule has 1 aliphatic heterocycles. The van der Waals surface area contributed by atoms with Crippen LogP contribution in [0.4, 0.5) is 0 Å². The topological polar surface area (TPSA) is 56.5 Å². The number of β-amino-alcohol motifs (C(OH)–C–C–N with tert-alkyl or cyclic N) is 1. The van der Waals surface area contributed by atoms with Gasteiger partial charge in [0.1, 0.15) is 5.75 Å². The average molecular weight is 308 g/mol. The zero-order valence-corrected chi connectivity index (χ0v) is 13.1. The highest BCUT2D eigenvalue weighted by molar-refractivity contribution is 5.38. The highest BCUT2D eigenvalue weighted by Crippen LogP contribution is 2.35. The Morgan fingerprint density at radius 1 is 1.26 bits per heavy atom. The largest absolute Gasteiger partial charge is 0.497 e. The fraction of sp³-hybridized carbons (Fsp3) is 0.316. The van der Waals surface area contributed by atoms with Crippen molar-refractivity contribution in [1.82, 2.24) is 4.90 Å². The summed E-state index contributed by atoms with van der Waals surface area (Å²) in [6.45, 7) is 1.27. The summed E-state index contributed by atoms with van der Waals surface area (Å²) in [6, 6.07) is 18.0. The van der Waals surface area contributed by atoms with E-state index in [0.29, 0.717) is 25.1 Å². The first-order valence-electron chi connectivity index (χ1n) is 7.75. The van der Waals surface area contributed by atoms with E-state index >= 15 is 0 Å². The minimum Gasteiger partial charge on any atom is -0.497 e. The second-order valence-corrected chi connectivity index (χ2v) is 5.88. The molecule has 0 saturated carbocycles. The van der Waals surface area contributed by atoms with Crippen LogP contribution in [-0.2, 0) is 6.54 Å². The lowest BCUT2D eigenvalue weighted by atomic mass is 10.0. The van der Waals surface area contributed by atoms with Crippen LogP contribution in [-0.4, -0.2) is 29.8 Å². The van der Waals surface area contributed by atoms with Gasteiger partial charge in [0.15, 0.2) is 0 Å². The van der Waals surface area contributed by atoms with Gasteiger partial charge in [-0.15, -0.1) is 0 Å². The Morgan fingerprint density at radius 2 is 2.09 bits per heavy atom. The van der Waals surface area contributed by atoms with Gasteiger partial charge < -0.3 is 9.84 Å². The number of hydrogen-bond donors (Lipinski definition) is 1. The Morgan fingerprint density at radius 3 is 2.87 bits per heavy atom. The summed E-state index contributed by atoms with van der Waals surface area (Å²) in [6.07, 6.45) is 0.350. The quantitative estimate of drug-likeness (QED) is 0.943. The van der Waals surface area contributed by atoms with Crippen LogP contribution in [0.5, 0.6) is 5.75 Å². The van der Waals surface area contributed by atoms with Crippen LogP contribution in [0.2, 0.25) is 0 Å². The minimum atomic E-state index is -0.347. The summed E-state index contributed by atoms with van der Waals surface area (Å²) in [5.74, 6) is 0.821. The number of likely N-dealkylation sites (tertiary alicyclic amines) is 1. The van der Waals surface area contributed by atoms with Gasteiger partial charge in [-0.3, -0.25) is 4.90 Å². The van der Waals surface area contributed by atoms with Gasteiger partial charge >= 0.3 is 0 Å². The molecule has 0 amide bonds. The van der Waals surface area contributed by atoms with E-state index < -0.39 is 0 Å². The Kier molecular flexibility index (Phi) is 4.61. The summed E-state index contributed by atoms with van der Waals surface area (Å²) >= 11 is 0. The lowest BCUT2D eigenvalue weighted by Gasteiger charge is -2.25. The molecule has 118 valence electrons. The monoisotopic (exact) mass is 308 g/mol. The molecule has 1 aliphatic rings. The van der Waals surface area contributed by atoms with Crippen molar-refractivity contribution in [2.45, 2.75) is 25.1 Å². The standard InChI is InChI=1S/C19H20N2O2/c1-23-18-8-4-7-14(9-18)19-10-17(22)13-21(19)12-16-6-3-2-5-15(16)11-20/h2-9,17,19,22H,10,12-13H2,1H3. The zero-order valence-electron chi connectivity index (χ0n) is 13.1. The molecule has 1 saturated heterocycles. The highest BCUT2D eigenvalue weighted by Gasteiger charge is 2.32. The zero-order chi connectivity index (χ0) is 16.2. The van der Waals surface area contributed by atoms with Gasteiger partial charge in [-0.1, -0.05) is 30.3 Å². The van der Waals surface area contributed by atoms with E-state index in [1.807, 2.05) is 42.5 Å². The molecule has 23 heavy (non-hydrogen) atoms. The second-order valence-electron chi connectivity index (χ2n) is 5.88. The molecule has 2 aromatic carbocycles. The number of aliphatic hydroxyl groups excluding tert-OH is 1. The molecule has 4 nitrogen and oxygen atoms in total. The lowest BCUT2D eigenvalue weighted by Crippen LogP contribution is -2.24. The van der Waals surface area contributed by atoms with Crippen LogP contribution in [0.25, 0.3) is 0 Å². The van der Waals surface area contributed by atoms with Crippen molar-refractivity contribution >= 4 is 0 Å². The molecular formula is C19H20N2O2. The number of nitrogens with zero attached hydrogens (tertiary/aromatic N) is 2. The molecule has 2 atom stereocenters. The Labute approximate surface area is 136 Å². The summed E-state index contributed by atoms with van der Waals surface area (Å²) in [7, 11) is 1.66. The van der Waals surface area contributed by atoms with Gasteiger partial charge in [-0.05, 0) is 35.7 Å². The maximum Gasteiger partial charge on any atom is 0.119 e. The number of nitriles is 1. The third-order valence-electron chi connectivity index (χ3n) is 4.37. The summed E-state index contributed by atoms with van der Waals surface area (Å²) in [5, 5.41) is 19.4. The predicted molar refractivity (Wildman–Crippen MR) is 87.9 cm³/mol. The fourth-order valence-corrected chi connectivity index (χ4v) is 3.24. The summed E-state index contributed by atoms with van der Waals surface area (Å²) in [4.78, 5) is 2.23. The number of benzene rings is 2. The molecule has 0 radical (unpaired) electrons. The molecule has 1 heterocycles. The summed E-state index contributed by atoms with van der Waals surface area (Å²) in [5.41, 5.74) is 2.82. The number of aliphatic hydroxyl groups is 1. The average Bonchev–Trinajstić information content (AvgIpc) is 2.96. The highest BCUT2D eigenvalue weighted by atomic mass is 16.5. The molecule has 1 N–H and O–H groups in total. The van der Waals surface area contributed by atoms with Gasteiger partial charge in [0.05, 0.1) is 24.8 Å². The van der Waals surface area contributed by atoms with Gasteiger partial charge in [-0.2, -0.15) is 5.26 Å². The van der Waals surface area contributed by atoms with E-state index in [2.05, 4.69) is 17.0 Å². The Bertz CT molecular complexity index is 723. The van der Waals surface area contributed by atoms with E-state index in [0.717, 1.165) is 16.9 Å². The Hall–Kier alpha value is -2.35. The van der Waals surface area contributed by atoms with Crippen LogP contribution in [0.3, 0.4) is 0 Å². The maximum absolute atomic E-state index is 10.1. The van der Waals surface area contributed by atoms with E-state index in [-0.39, 0.29) is 12.1 Å². The molecule has 0 aromatic heterocycles. The third kappa shape index (κ3) is 3.37. The number of rotatable bonds is 4. The number of hydrogen-bond acceptors (Lipinski definition) is 4. The third-order valence-corrected chi connectivity index (χ3v) is 4.37. The smallest absolute Gasteiger partial charge is 0.119 e.